The van der Waals surface area contributed by atoms with Gasteiger partial charge in [-0.2, -0.15) is 0 Å². The Hall–Kier alpha value is -1.66. The van der Waals surface area contributed by atoms with Crippen molar-refractivity contribution in [2.24, 2.45) is 5.92 Å². The highest BCUT2D eigenvalue weighted by Gasteiger charge is 2.45. The predicted molar refractivity (Wildman–Crippen MR) is 111 cm³/mol. The van der Waals surface area contributed by atoms with Crippen LogP contribution in [0.5, 0.6) is 0 Å². The number of ether oxygens (including phenoxy) is 2. The van der Waals surface area contributed by atoms with Gasteiger partial charge in [0.1, 0.15) is 6.10 Å². The summed E-state index contributed by atoms with van der Waals surface area (Å²) in [4.78, 5) is 47.8. The number of hydrogen-bond acceptors (Lipinski definition) is 8. The van der Waals surface area contributed by atoms with Gasteiger partial charge in [0.05, 0.1) is 42.6 Å². The Labute approximate surface area is 184 Å². The molecule has 1 fully saturated rings. The fraction of sp³-hybridized carbons (Fsp3) is 0.500. The summed E-state index contributed by atoms with van der Waals surface area (Å²) in [6.07, 6.45) is -1.38. The smallest absolute Gasteiger partial charge is 0.365 e. The van der Waals surface area contributed by atoms with Crippen LogP contribution in [0.15, 0.2) is 33.8 Å². The fourth-order valence-corrected chi connectivity index (χ4v) is 4.80. The largest absolute Gasteiger partial charge is 0.464 e. The van der Waals surface area contributed by atoms with Crippen molar-refractivity contribution in [1.29, 1.82) is 0 Å². The maximum absolute atomic E-state index is 13.0. The molecule has 0 bridgehead atoms. The van der Waals surface area contributed by atoms with E-state index in [1.54, 1.807) is 18.2 Å². The van der Waals surface area contributed by atoms with E-state index < -0.39 is 55.7 Å². The van der Waals surface area contributed by atoms with E-state index in [1.807, 2.05) is 0 Å². The molecule has 0 spiro atoms. The van der Waals surface area contributed by atoms with Crippen LogP contribution in [0.2, 0.25) is 0 Å². The van der Waals surface area contributed by atoms with E-state index in [-0.39, 0.29) is 13.0 Å². The van der Waals surface area contributed by atoms with Crippen molar-refractivity contribution in [3.8, 4) is 0 Å². The number of halogens is 1. The molecule has 5 atom stereocenters. The standard InChI is InChI=1S/C18H22BrN2O9P/c1-2-29-17(25)18(31(26,27)28)30-7-9-6-12(15(23)14(9)22)21-8-20-11-5-3-4-10(19)13(11)16(21)24/h3-5,8-9,12,14-15,18,22-23H,2,6-7H2,1H3,(H2,26,27,28)/t9-,12-,14-,15+,18+/m1/s1. The molecule has 1 aliphatic carbocycles. The lowest BCUT2D eigenvalue weighted by Crippen LogP contribution is -2.35. The molecule has 0 saturated heterocycles. The molecule has 0 unspecified atom stereocenters. The summed E-state index contributed by atoms with van der Waals surface area (Å²) in [6, 6.07) is 4.23. The van der Waals surface area contributed by atoms with Crippen LogP contribution in [0.4, 0.5) is 0 Å². The van der Waals surface area contributed by atoms with Crippen molar-refractivity contribution in [3.05, 3.63) is 39.4 Å². The van der Waals surface area contributed by atoms with Crippen molar-refractivity contribution >= 4 is 40.4 Å². The molecule has 4 N–H and O–H groups in total. The van der Waals surface area contributed by atoms with Gasteiger partial charge >= 0.3 is 13.6 Å². The van der Waals surface area contributed by atoms with E-state index in [0.717, 1.165) is 0 Å². The first-order chi connectivity index (χ1) is 14.6. The number of esters is 1. The minimum atomic E-state index is -4.98. The minimum Gasteiger partial charge on any atom is -0.464 e. The van der Waals surface area contributed by atoms with Crippen LogP contribution in [0, 0.1) is 5.92 Å². The normalized spacial score (nSPS) is 25.0. The highest BCUT2D eigenvalue weighted by Crippen LogP contribution is 2.44. The Kier molecular flexibility index (Phi) is 7.32. The van der Waals surface area contributed by atoms with Gasteiger partial charge in [-0.15, -0.1) is 0 Å². The zero-order chi connectivity index (χ0) is 22.9. The minimum absolute atomic E-state index is 0.0522. The molecule has 1 aromatic carbocycles. The lowest BCUT2D eigenvalue weighted by atomic mass is 10.1. The number of carbonyl (C=O) groups excluding carboxylic acids is 1. The highest BCUT2D eigenvalue weighted by molar-refractivity contribution is 9.10. The molecular weight excluding hydrogens is 499 g/mol. The molecule has 31 heavy (non-hydrogen) atoms. The third kappa shape index (κ3) is 4.90. The van der Waals surface area contributed by atoms with Crippen molar-refractivity contribution in [1.82, 2.24) is 9.55 Å². The number of nitrogens with zero attached hydrogens (tertiary/aromatic N) is 2. The molecule has 0 radical (unpaired) electrons. The molecule has 3 rings (SSSR count). The van der Waals surface area contributed by atoms with Gasteiger partial charge in [0.15, 0.2) is 0 Å². The number of aliphatic hydroxyl groups excluding tert-OH is 2. The van der Waals surface area contributed by atoms with E-state index in [0.29, 0.717) is 15.4 Å². The van der Waals surface area contributed by atoms with Gasteiger partial charge in [-0.05, 0) is 41.4 Å². The fourth-order valence-electron chi connectivity index (χ4n) is 3.65. The van der Waals surface area contributed by atoms with E-state index in [2.05, 4.69) is 25.7 Å². The topological polar surface area (TPSA) is 168 Å². The Balaban J connectivity index is 1.82. The molecular formula is C18H22BrN2O9P. The van der Waals surface area contributed by atoms with Gasteiger partial charge in [0.2, 0.25) is 0 Å². The van der Waals surface area contributed by atoms with Gasteiger partial charge < -0.3 is 29.5 Å². The highest BCUT2D eigenvalue weighted by atomic mass is 79.9. The second-order valence-corrected chi connectivity index (χ2v) is 9.66. The van der Waals surface area contributed by atoms with Crippen LogP contribution >= 0.6 is 23.5 Å². The summed E-state index contributed by atoms with van der Waals surface area (Å²) in [5, 5.41) is 21.3. The zero-order valence-electron chi connectivity index (χ0n) is 16.4. The van der Waals surface area contributed by atoms with E-state index >= 15 is 0 Å². The predicted octanol–water partition coefficient (Wildman–Crippen LogP) is 0.525. The number of hydrogen-bond donors (Lipinski definition) is 4. The monoisotopic (exact) mass is 520 g/mol. The number of aromatic nitrogens is 2. The first-order valence-electron chi connectivity index (χ1n) is 9.41. The molecule has 0 aliphatic heterocycles. The van der Waals surface area contributed by atoms with Crippen molar-refractivity contribution in [2.75, 3.05) is 13.2 Å². The van der Waals surface area contributed by atoms with E-state index in [1.165, 1.54) is 17.8 Å². The lowest BCUT2D eigenvalue weighted by Gasteiger charge is -2.21. The number of aliphatic hydroxyl groups is 2. The quantitative estimate of drug-likeness (QED) is 0.298. The van der Waals surface area contributed by atoms with E-state index in [4.69, 9.17) is 4.74 Å². The molecule has 170 valence electrons. The second-order valence-electron chi connectivity index (χ2n) is 7.16. The van der Waals surface area contributed by atoms with Crippen LogP contribution in [-0.4, -0.2) is 66.8 Å². The Morgan fingerprint density at radius 3 is 2.71 bits per heavy atom. The van der Waals surface area contributed by atoms with Gasteiger partial charge in [0, 0.05) is 10.4 Å². The van der Waals surface area contributed by atoms with Crippen LogP contribution in [0.3, 0.4) is 0 Å². The molecule has 13 heteroatoms. The second kappa shape index (κ2) is 9.45. The van der Waals surface area contributed by atoms with Crippen LogP contribution in [-0.2, 0) is 18.8 Å². The van der Waals surface area contributed by atoms with Crippen molar-refractivity contribution in [2.45, 2.75) is 37.4 Å². The molecule has 1 heterocycles. The van der Waals surface area contributed by atoms with Crippen LogP contribution in [0.25, 0.3) is 10.9 Å². The maximum atomic E-state index is 13.0. The first kappa shape index (κ1) is 24.0. The summed E-state index contributed by atoms with van der Waals surface area (Å²) in [5.41, 5.74) is 0.0392. The summed E-state index contributed by atoms with van der Waals surface area (Å²) in [5.74, 6) is -4.16. The lowest BCUT2D eigenvalue weighted by molar-refractivity contribution is -0.153. The summed E-state index contributed by atoms with van der Waals surface area (Å²) in [6.45, 7) is 0.936. The van der Waals surface area contributed by atoms with Gasteiger partial charge in [0.25, 0.3) is 11.4 Å². The third-order valence-corrected chi connectivity index (χ3v) is 6.78. The van der Waals surface area contributed by atoms with Gasteiger partial charge in [-0.3, -0.25) is 13.9 Å². The number of benzene rings is 1. The molecule has 1 aliphatic rings. The molecule has 11 nitrogen and oxygen atoms in total. The summed E-state index contributed by atoms with van der Waals surface area (Å²) >= 11 is 3.31. The van der Waals surface area contributed by atoms with Crippen molar-refractivity contribution < 1.29 is 38.8 Å². The zero-order valence-corrected chi connectivity index (χ0v) is 18.8. The number of rotatable bonds is 7. The molecule has 0 amide bonds. The molecule has 1 aromatic heterocycles. The average Bonchev–Trinajstić information content (AvgIpc) is 2.96. The van der Waals surface area contributed by atoms with Crippen LogP contribution < -0.4 is 5.56 Å². The first-order valence-corrected chi connectivity index (χ1v) is 11.9. The third-order valence-electron chi connectivity index (χ3n) is 5.15. The Morgan fingerprint density at radius 2 is 2.06 bits per heavy atom. The molecule has 2 aromatic rings. The summed E-state index contributed by atoms with van der Waals surface area (Å²) in [7, 11) is -4.98. The number of fused-ring (bicyclic) bond motifs is 1. The molecule has 1 saturated carbocycles. The van der Waals surface area contributed by atoms with E-state index in [9.17, 15) is 34.2 Å². The average molecular weight is 521 g/mol. The van der Waals surface area contributed by atoms with Crippen molar-refractivity contribution in [3.63, 3.8) is 0 Å². The SMILES string of the molecule is CCOC(=O)[C@@H](OC[C@H]1C[C@@H](n2cnc3cccc(Br)c3c2=O)[C@H](O)[C@@H]1O)P(=O)(O)O. The van der Waals surface area contributed by atoms with Gasteiger partial charge in [-0.1, -0.05) is 6.07 Å². The van der Waals surface area contributed by atoms with Crippen LogP contribution in [0.1, 0.15) is 19.4 Å². The Bertz CT molecular complexity index is 1070. The number of carbonyl (C=O) groups is 1. The Morgan fingerprint density at radius 1 is 1.35 bits per heavy atom. The maximum Gasteiger partial charge on any atom is 0.365 e. The van der Waals surface area contributed by atoms with Gasteiger partial charge in [-0.25, -0.2) is 9.78 Å². The summed E-state index contributed by atoms with van der Waals surface area (Å²) < 4.78 is 23.1.